The van der Waals surface area contributed by atoms with Crippen molar-refractivity contribution < 1.29 is 26.4 Å². The molecule has 1 rings (SSSR count). The molecule has 0 radical (unpaired) electrons. The summed E-state index contributed by atoms with van der Waals surface area (Å²) in [7, 11) is -4.55. The Morgan fingerprint density at radius 2 is 1.78 bits per heavy atom. The molecular formula is C8H8F3N3O3S. The van der Waals surface area contributed by atoms with E-state index in [1.165, 1.54) is 10.3 Å². The number of nitrogens with one attached hydrogen (secondary N) is 2. The molecule has 0 spiro atoms. The topological polar surface area (TPSA) is 101 Å². The summed E-state index contributed by atoms with van der Waals surface area (Å²) in [5, 5.41) is 0. The predicted octanol–water partition coefficient (Wildman–Crippen LogP) is 0.567. The number of urea groups is 1. The fourth-order valence-electron chi connectivity index (χ4n) is 1.11. The van der Waals surface area contributed by atoms with Crippen molar-refractivity contribution in [3.63, 3.8) is 0 Å². The monoisotopic (exact) mass is 283 g/mol. The minimum atomic E-state index is -4.84. The first-order chi connectivity index (χ1) is 8.14. The van der Waals surface area contributed by atoms with E-state index in [0.717, 1.165) is 18.2 Å². The zero-order valence-corrected chi connectivity index (χ0v) is 9.47. The Kier molecular flexibility index (Phi) is 3.82. The van der Waals surface area contributed by atoms with Crippen LogP contribution in [0.1, 0.15) is 5.56 Å². The van der Waals surface area contributed by atoms with Crippen molar-refractivity contribution in [2.75, 3.05) is 0 Å². The third kappa shape index (κ3) is 3.34. The number of rotatable bonds is 3. The Morgan fingerprint density at radius 1 is 1.22 bits per heavy atom. The molecule has 0 bridgehead atoms. The second kappa shape index (κ2) is 4.82. The Bertz CT molecular complexity index is 556. The van der Waals surface area contributed by atoms with E-state index in [2.05, 4.69) is 5.73 Å². The number of hydrogen-bond acceptors (Lipinski definition) is 3. The molecule has 4 N–H and O–H groups in total. The highest BCUT2D eigenvalue weighted by molar-refractivity contribution is 7.89. The molecule has 2 amide bonds. The normalized spacial score (nSPS) is 12.2. The van der Waals surface area contributed by atoms with E-state index in [1.807, 2.05) is 0 Å². The molecule has 0 heterocycles. The Balaban J connectivity index is 3.21. The van der Waals surface area contributed by atoms with Crippen molar-refractivity contribution in [1.29, 1.82) is 0 Å². The van der Waals surface area contributed by atoms with Crippen LogP contribution in [0.3, 0.4) is 0 Å². The zero-order valence-electron chi connectivity index (χ0n) is 8.65. The molecule has 0 saturated heterocycles. The van der Waals surface area contributed by atoms with E-state index in [9.17, 15) is 26.4 Å². The summed E-state index contributed by atoms with van der Waals surface area (Å²) in [6, 6.07) is 2.28. The highest BCUT2D eigenvalue weighted by Crippen LogP contribution is 2.33. The lowest BCUT2D eigenvalue weighted by molar-refractivity contribution is -0.139. The zero-order chi connectivity index (χ0) is 14.0. The minimum Gasteiger partial charge on any atom is -0.351 e. The van der Waals surface area contributed by atoms with Gasteiger partial charge in [0.05, 0.1) is 10.5 Å². The summed E-state index contributed by atoms with van der Waals surface area (Å²) < 4.78 is 60.8. The molecule has 6 nitrogen and oxygen atoms in total. The first kappa shape index (κ1) is 14.3. The average Bonchev–Trinajstić information content (AvgIpc) is 2.25. The lowest BCUT2D eigenvalue weighted by Crippen LogP contribution is -2.44. The van der Waals surface area contributed by atoms with E-state index in [4.69, 9.17) is 0 Å². The Morgan fingerprint density at radius 3 is 2.28 bits per heavy atom. The Labute approximate surface area is 100.0 Å². The summed E-state index contributed by atoms with van der Waals surface area (Å²) in [6.07, 6.45) is -4.84. The number of hydrazine groups is 1. The van der Waals surface area contributed by atoms with E-state index in [0.29, 0.717) is 6.07 Å². The van der Waals surface area contributed by atoms with Gasteiger partial charge in [-0.25, -0.2) is 13.2 Å². The van der Waals surface area contributed by atoms with Gasteiger partial charge in [-0.1, -0.05) is 12.1 Å². The number of halogens is 3. The van der Waals surface area contributed by atoms with Gasteiger partial charge in [-0.3, -0.25) is 5.43 Å². The van der Waals surface area contributed by atoms with Gasteiger partial charge in [-0.15, -0.1) is 4.83 Å². The number of carbonyl (C=O) groups excluding carboxylic acids is 1. The number of sulfonamides is 1. The number of carbonyl (C=O) groups is 1. The molecule has 18 heavy (non-hydrogen) atoms. The number of alkyl halides is 3. The number of nitrogens with two attached hydrogens (primary N) is 1. The van der Waals surface area contributed by atoms with Crippen LogP contribution in [0.5, 0.6) is 0 Å². The molecule has 100 valence electrons. The molecule has 0 saturated carbocycles. The first-order valence-electron chi connectivity index (χ1n) is 4.38. The van der Waals surface area contributed by atoms with Crippen LogP contribution in [0, 0.1) is 0 Å². The molecule has 0 aliphatic carbocycles. The number of hydrogen-bond donors (Lipinski definition) is 3. The van der Waals surface area contributed by atoms with Crippen molar-refractivity contribution in [2.24, 2.45) is 5.73 Å². The van der Waals surface area contributed by atoms with Gasteiger partial charge in [-0.2, -0.15) is 13.2 Å². The fraction of sp³-hybridized carbons (Fsp3) is 0.125. The minimum absolute atomic E-state index is 0.610. The second-order valence-electron chi connectivity index (χ2n) is 3.09. The molecular weight excluding hydrogens is 275 g/mol. The standard InChI is InChI=1S/C8H8F3N3O3S/c9-8(10,11)5-3-1-2-4-6(5)18(16,17)14-13-7(12)15/h1-4,14H,(H3,12,13,15). The van der Waals surface area contributed by atoms with Gasteiger partial charge in [0.25, 0.3) is 10.0 Å². The molecule has 1 aromatic rings. The van der Waals surface area contributed by atoms with Crippen molar-refractivity contribution in [3.8, 4) is 0 Å². The van der Waals surface area contributed by atoms with Gasteiger partial charge in [-0.05, 0) is 12.1 Å². The number of benzene rings is 1. The van der Waals surface area contributed by atoms with Crippen LogP contribution < -0.4 is 16.0 Å². The van der Waals surface area contributed by atoms with Crippen molar-refractivity contribution in [3.05, 3.63) is 29.8 Å². The van der Waals surface area contributed by atoms with E-state index in [1.54, 1.807) is 0 Å². The van der Waals surface area contributed by atoms with Crippen LogP contribution in [0.2, 0.25) is 0 Å². The summed E-state index contributed by atoms with van der Waals surface area (Å²) in [5.41, 5.74) is 4.76. The van der Waals surface area contributed by atoms with Crippen LogP contribution in [0.4, 0.5) is 18.0 Å². The highest BCUT2D eigenvalue weighted by atomic mass is 32.2. The van der Waals surface area contributed by atoms with E-state index in [-0.39, 0.29) is 0 Å². The van der Waals surface area contributed by atoms with Crippen molar-refractivity contribution in [1.82, 2.24) is 10.3 Å². The largest absolute Gasteiger partial charge is 0.417 e. The predicted molar refractivity (Wildman–Crippen MR) is 54.5 cm³/mol. The smallest absolute Gasteiger partial charge is 0.351 e. The van der Waals surface area contributed by atoms with Crippen LogP contribution in [0.25, 0.3) is 0 Å². The van der Waals surface area contributed by atoms with Gasteiger partial charge in [0, 0.05) is 0 Å². The quantitative estimate of drug-likeness (QED) is 0.707. The maximum atomic E-state index is 12.6. The maximum absolute atomic E-state index is 12.6. The van der Waals surface area contributed by atoms with E-state index >= 15 is 0 Å². The lowest BCUT2D eigenvalue weighted by atomic mass is 10.2. The lowest BCUT2D eigenvalue weighted by Gasteiger charge is -2.13. The number of primary amides is 1. The van der Waals surface area contributed by atoms with Crippen LogP contribution in [-0.4, -0.2) is 14.4 Å². The summed E-state index contributed by atoms with van der Waals surface area (Å²) in [5.74, 6) is 0. The Hall–Kier alpha value is -1.81. The third-order valence-electron chi connectivity index (χ3n) is 1.79. The second-order valence-corrected chi connectivity index (χ2v) is 4.74. The maximum Gasteiger partial charge on any atom is 0.417 e. The molecule has 0 aromatic heterocycles. The van der Waals surface area contributed by atoms with Crippen molar-refractivity contribution in [2.45, 2.75) is 11.1 Å². The van der Waals surface area contributed by atoms with Gasteiger partial charge in [0.15, 0.2) is 0 Å². The van der Waals surface area contributed by atoms with Crippen LogP contribution >= 0.6 is 0 Å². The summed E-state index contributed by atoms with van der Waals surface area (Å²) in [4.78, 5) is 10.7. The van der Waals surface area contributed by atoms with Gasteiger partial charge in [0.1, 0.15) is 0 Å². The van der Waals surface area contributed by atoms with Crippen LogP contribution in [-0.2, 0) is 16.2 Å². The fourth-order valence-corrected chi connectivity index (χ4v) is 2.18. The average molecular weight is 283 g/mol. The molecule has 1 aromatic carbocycles. The molecule has 0 fully saturated rings. The van der Waals surface area contributed by atoms with E-state index < -0.39 is 32.7 Å². The molecule has 0 aliphatic heterocycles. The first-order valence-corrected chi connectivity index (χ1v) is 5.86. The van der Waals surface area contributed by atoms with Gasteiger partial charge < -0.3 is 5.73 Å². The SMILES string of the molecule is NC(=O)NNS(=O)(=O)c1ccccc1C(F)(F)F. The molecule has 0 unspecified atom stereocenters. The summed E-state index contributed by atoms with van der Waals surface area (Å²) >= 11 is 0. The number of amides is 2. The molecule has 0 atom stereocenters. The highest BCUT2D eigenvalue weighted by Gasteiger charge is 2.36. The van der Waals surface area contributed by atoms with Crippen molar-refractivity contribution >= 4 is 16.1 Å². The molecule has 0 aliphatic rings. The van der Waals surface area contributed by atoms with Gasteiger partial charge in [0.2, 0.25) is 0 Å². The third-order valence-corrected chi connectivity index (χ3v) is 3.10. The molecule has 10 heteroatoms. The summed E-state index contributed by atoms with van der Waals surface area (Å²) in [6.45, 7) is 0. The van der Waals surface area contributed by atoms with Crippen LogP contribution in [0.15, 0.2) is 29.2 Å². The van der Waals surface area contributed by atoms with Gasteiger partial charge >= 0.3 is 12.2 Å².